The zero-order chi connectivity index (χ0) is 10.5. The van der Waals surface area contributed by atoms with E-state index in [9.17, 15) is 0 Å². The summed E-state index contributed by atoms with van der Waals surface area (Å²) in [7, 11) is 2.05. The van der Waals surface area contributed by atoms with Crippen LogP contribution in [-0.4, -0.2) is 50.8 Å². The SMILES string of the molecule is CNCC1CCN(CC2CCCO2)CC1. The van der Waals surface area contributed by atoms with Gasteiger partial charge < -0.3 is 15.0 Å². The van der Waals surface area contributed by atoms with Gasteiger partial charge in [-0.3, -0.25) is 0 Å². The number of hydrogen-bond acceptors (Lipinski definition) is 3. The molecule has 2 saturated heterocycles. The van der Waals surface area contributed by atoms with Gasteiger partial charge in [0, 0.05) is 13.2 Å². The van der Waals surface area contributed by atoms with E-state index >= 15 is 0 Å². The average molecular weight is 212 g/mol. The molecular formula is C12H24N2O. The minimum absolute atomic E-state index is 0.533. The van der Waals surface area contributed by atoms with Crippen LogP contribution >= 0.6 is 0 Å². The minimum atomic E-state index is 0.533. The number of nitrogens with zero attached hydrogens (tertiary/aromatic N) is 1. The second-order valence-corrected chi connectivity index (χ2v) is 4.94. The predicted molar refractivity (Wildman–Crippen MR) is 62.1 cm³/mol. The molecule has 0 radical (unpaired) electrons. The van der Waals surface area contributed by atoms with Crippen molar-refractivity contribution in [1.82, 2.24) is 10.2 Å². The summed E-state index contributed by atoms with van der Waals surface area (Å²) < 4.78 is 5.68. The van der Waals surface area contributed by atoms with E-state index in [4.69, 9.17) is 4.74 Å². The van der Waals surface area contributed by atoms with Crippen molar-refractivity contribution in [2.24, 2.45) is 5.92 Å². The van der Waals surface area contributed by atoms with Crippen LogP contribution in [0, 0.1) is 5.92 Å². The molecule has 2 aliphatic rings. The summed E-state index contributed by atoms with van der Waals surface area (Å²) in [5.41, 5.74) is 0. The maximum Gasteiger partial charge on any atom is 0.0702 e. The first-order chi connectivity index (χ1) is 7.38. The molecule has 2 heterocycles. The van der Waals surface area contributed by atoms with Crippen LogP contribution in [0.15, 0.2) is 0 Å². The van der Waals surface area contributed by atoms with Gasteiger partial charge in [-0.05, 0) is 58.3 Å². The van der Waals surface area contributed by atoms with Gasteiger partial charge in [0.1, 0.15) is 0 Å². The van der Waals surface area contributed by atoms with Crippen molar-refractivity contribution in [2.45, 2.75) is 31.8 Å². The molecule has 3 heteroatoms. The van der Waals surface area contributed by atoms with Gasteiger partial charge in [-0.1, -0.05) is 0 Å². The lowest BCUT2D eigenvalue weighted by Gasteiger charge is -2.33. The van der Waals surface area contributed by atoms with E-state index < -0.39 is 0 Å². The van der Waals surface area contributed by atoms with Crippen molar-refractivity contribution in [1.29, 1.82) is 0 Å². The Morgan fingerprint density at radius 3 is 2.67 bits per heavy atom. The Hall–Kier alpha value is -0.120. The first-order valence-corrected chi connectivity index (χ1v) is 6.37. The summed E-state index contributed by atoms with van der Waals surface area (Å²) in [6, 6.07) is 0. The number of likely N-dealkylation sites (tertiary alicyclic amines) is 1. The van der Waals surface area contributed by atoms with E-state index in [1.165, 1.54) is 51.9 Å². The standard InChI is InChI=1S/C12H24N2O/c1-13-9-11-4-6-14(7-5-11)10-12-3-2-8-15-12/h11-13H,2-10H2,1H3. The second kappa shape index (κ2) is 5.83. The van der Waals surface area contributed by atoms with Crippen LogP contribution in [0.2, 0.25) is 0 Å². The highest BCUT2D eigenvalue weighted by Gasteiger charge is 2.23. The Morgan fingerprint density at radius 1 is 1.27 bits per heavy atom. The van der Waals surface area contributed by atoms with Crippen molar-refractivity contribution < 1.29 is 4.74 Å². The van der Waals surface area contributed by atoms with E-state index in [1.807, 2.05) is 0 Å². The minimum Gasteiger partial charge on any atom is -0.377 e. The lowest BCUT2D eigenvalue weighted by molar-refractivity contribution is 0.0600. The summed E-state index contributed by atoms with van der Waals surface area (Å²) in [5.74, 6) is 0.899. The van der Waals surface area contributed by atoms with Crippen molar-refractivity contribution in [3.05, 3.63) is 0 Å². The Morgan fingerprint density at radius 2 is 2.07 bits per heavy atom. The molecule has 1 atom stereocenters. The van der Waals surface area contributed by atoms with Crippen molar-refractivity contribution in [3.8, 4) is 0 Å². The molecule has 2 fully saturated rings. The highest BCUT2D eigenvalue weighted by molar-refractivity contribution is 4.77. The third-order valence-corrected chi connectivity index (χ3v) is 3.69. The molecule has 0 aromatic rings. The maximum atomic E-state index is 5.68. The van der Waals surface area contributed by atoms with Gasteiger partial charge in [-0.15, -0.1) is 0 Å². The number of rotatable bonds is 4. The molecule has 1 unspecified atom stereocenters. The Labute approximate surface area is 93.2 Å². The van der Waals surface area contributed by atoms with Crippen LogP contribution in [0.25, 0.3) is 0 Å². The highest BCUT2D eigenvalue weighted by atomic mass is 16.5. The fourth-order valence-electron chi connectivity index (χ4n) is 2.74. The van der Waals surface area contributed by atoms with E-state index in [-0.39, 0.29) is 0 Å². The van der Waals surface area contributed by atoms with Gasteiger partial charge in [-0.25, -0.2) is 0 Å². The van der Waals surface area contributed by atoms with Gasteiger partial charge >= 0.3 is 0 Å². The third kappa shape index (κ3) is 3.44. The number of hydrogen-bond donors (Lipinski definition) is 1. The molecule has 15 heavy (non-hydrogen) atoms. The molecule has 3 nitrogen and oxygen atoms in total. The monoisotopic (exact) mass is 212 g/mol. The quantitative estimate of drug-likeness (QED) is 0.755. The Balaban J connectivity index is 1.64. The molecule has 0 bridgehead atoms. The summed E-state index contributed by atoms with van der Waals surface area (Å²) in [5, 5.41) is 3.28. The number of nitrogens with one attached hydrogen (secondary N) is 1. The molecule has 1 N–H and O–H groups in total. The first kappa shape index (κ1) is 11.4. The largest absolute Gasteiger partial charge is 0.377 e. The topological polar surface area (TPSA) is 24.5 Å². The zero-order valence-corrected chi connectivity index (χ0v) is 9.87. The fourth-order valence-corrected chi connectivity index (χ4v) is 2.74. The summed E-state index contributed by atoms with van der Waals surface area (Å²) in [6.45, 7) is 5.89. The third-order valence-electron chi connectivity index (χ3n) is 3.69. The van der Waals surface area contributed by atoms with Crippen molar-refractivity contribution in [3.63, 3.8) is 0 Å². The average Bonchev–Trinajstić information content (AvgIpc) is 2.74. The van der Waals surface area contributed by atoms with Crippen LogP contribution in [-0.2, 0) is 4.74 Å². The summed E-state index contributed by atoms with van der Waals surface area (Å²) in [6.07, 6.45) is 5.78. The van der Waals surface area contributed by atoms with Crippen molar-refractivity contribution in [2.75, 3.05) is 39.8 Å². The van der Waals surface area contributed by atoms with Gasteiger partial charge in [-0.2, -0.15) is 0 Å². The van der Waals surface area contributed by atoms with E-state index in [1.54, 1.807) is 0 Å². The van der Waals surface area contributed by atoms with Gasteiger partial charge in [0.05, 0.1) is 6.10 Å². The van der Waals surface area contributed by atoms with Crippen LogP contribution in [0.3, 0.4) is 0 Å². The van der Waals surface area contributed by atoms with Crippen LogP contribution < -0.4 is 5.32 Å². The molecule has 0 aromatic heterocycles. The lowest BCUT2D eigenvalue weighted by Crippen LogP contribution is -2.40. The maximum absolute atomic E-state index is 5.68. The zero-order valence-electron chi connectivity index (χ0n) is 9.87. The van der Waals surface area contributed by atoms with E-state index in [2.05, 4.69) is 17.3 Å². The molecular weight excluding hydrogens is 188 g/mol. The van der Waals surface area contributed by atoms with E-state index in [0.29, 0.717) is 6.10 Å². The number of ether oxygens (including phenoxy) is 1. The first-order valence-electron chi connectivity index (χ1n) is 6.37. The predicted octanol–water partition coefficient (Wildman–Crippen LogP) is 1.10. The molecule has 0 aromatic carbocycles. The van der Waals surface area contributed by atoms with E-state index in [0.717, 1.165) is 12.5 Å². The normalized spacial score (nSPS) is 29.8. The van der Waals surface area contributed by atoms with Crippen molar-refractivity contribution >= 4 is 0 Å². The van der Waals surface area contributed by atoms with Crippen LogP contribution in [0.4, 0.5) is 0 Å². The van der Waals surface area contributed by atoms with Gasteiger partial charge in [0.25, 0.3) is 0 Å². The lowest BCUT2D eigenvalue weighted by atomic mass is 9.96. The molecule has 88 valence electrons. The molecule has 0 saturated carbocycles. The Kier molecular flexibility index (Phi) is 4.42. The molecule has 0 spiro atoms. The highest BCUT2D eigenvalue weighted by Crippen LogP contribution is 2.19. The molecule has 0 amide bonds. The number of piperidine rings is 1. The Bertz CT molecular complexity index is 172. The molecule has 2 aliphatic heterocycles. The van der Waals surface area contributed by atoms with Crippen LogP contribution in [0.5, 0.6) is 0 Å². The molecule has 0 aliphatic carbocycles. The smallest absolute Gasteiger partial charge is 0.0702 e. The second-order valence-electron chi connectivity index (χ2n) is 4.94. The summed E-state index contributed by atoms with van der Waals surface area (Å²) in [4.78, 5) is 2.59. The molecule has 2 rings (SSSR count). The summed E-state index contributed by atoms with van der Waals surface area (Å²) >= 11 is 0. The van der Waals surface area contributed by atoms with Crippen LogP contribution in [0.1, 0.15) is 25.7 Å². The van der Waals surface area contributed by atoms with Gasteiger partial charge in [0.2, 0.25) is 0 Å². The van der Waals surface area contributed by atoms with Gasteiger partial charge in [0.15, 0.2) is 0 Å². The fraction of sp³-hybridized carbons (Fsp3) is 1.00.